The second-order valence-electron chi connectivity index (χ2n) is 2.43. The van der Waals surface area contributed by atoms with Crippen LogP contribution >= 0.6 is 22.6 Å². The molecule has 1 heterocycles. The highest BCUT2D eigenvalue weighted by molar-refractivity contribution is 14.1. The summed E-state index contributed by atoms with van der Waals surface area (Å²) in [6.45, 7) is 0.488. The molecule has 1 aliphatic heterocycles. The van der Waals surface area contributed by atoms with Crippen molar-refractivity contribution in [3.05, 3.63) is 0 Å². The smallest absolute Gasteiger partial charge is 0.464 e. The van der Waals surface area contributed by atoms with Gasteiger partial charge in [0.2, 0.25) is 0 Å². The maximum Gasteiger partial charge on any atom is 0.508 e. The van der Waals surface area contributed by atoms with E-state index in [1.54, 1.807) is 0 Å². The lowest BCUT2D eigenvalue weighted by atomic mass is 10.2. The molecule has 1 fully saturated rings. The number of hydrogen-bond acceptors (Lipinski definition) is 5. The molecule has 74 valence electrons. The van der Waals surface area contributed by atoms with Crippen molar-refractivity contribution in [3.63, 3.8) is 0 Å². The van der Waals surface area contributed by atoms with Crippen LogP contribution in [0.2, 0.25) is 0 Å². The summed E-state index contributed by atoms with van der Waals surface area (Å²) in [5, 5.41) is 0. The Hall–Kier alpha value is -0.530. The highest BCUT2D eigenvalue weighted by Gasteiger charge is 2.28. The predicted octanol–water partition coefficient (Wildman–Crippen LogP) is 0.748. The van der Waals surface area contributed by atoms with Gasteiger partial charge in [0.1, 0.15) is 25.7 Å². The van der Waals surface area contributed by atoms with Crippen LogP contribution in [0.4, 0.5) is 4.79 Å². The van der Waals surface area contributed by atoms with E-state index >= 15 is 0 Å². The third-order valence-corrected chi connectivity index (χ3v) is 1.90. The summed E-state index contributed by atoms with van der Waals surface area (Å²) in [4.78, 5) is 21.6. The maximum absolute atomic E-state index is 11.2. The topological polar surface area (TPSA) is 61.8 Å². The minimum absolute atomic E-state index is 0.0545. The number of carbonyl (C=O) groups is 2. The first kappa shape index (κ1) is 10.6. The Kier molecular flexibility index (Phi) is 4.26. The summed E-state index contributed by atoms with van der Waals surface area (Å²) < 4.78 is 14.7. The Bertz CT molecular complexity index is 195. The number of rotatable bonds is 3. The summed E-state index contributed by atoms with van der Waals surface area (Å²) in [5.74, 6) is -0.843. The van der Waals surface area contributed by atoms with Gasteiger partial charge in [-0.25, -0.2) is 4.79 Å². The van der Waals surface area contributed by atoms with Gasteiger partial charge in [0.25, 0.3) is 0 Å². The lowest BCUT2D eigenvalue weighted by molar-refractivity contribution is -0.154. The minimum Gasteiger partial charge on any atom is -0.464 e. The average Bonchev–Trinajstić information content (AvgIpc) is 2.15. The Morgan fingerprint density at radius 3 is 2.69 bits per heavy atom. The van der Waals surface area contributed by atoms with E-state index in [2.05, 4.69) is 32.1 Å². The summed E-state index contributed by atoms with van der Waals surface area (Å²) >= 11 is 2.10. The molecule has 0 N–H and O–H groups in total. The number of esters is 1. The third-order valence-electron chi connectivity index (χ3n) is 1.46. The Labute approximate surface area is 88.8 Å². The van der Waals surface area contributed by atoms with Gasteiger partial charge in [-0.05, 0) is 0 Å². The maximum atomic E-state index is 11.2. The van der Waals surface area contributed by atoms with Crippen molar-refractivity contribution in [2.45, 2.75) is 0 Å². The fraction of sp³-hybridized carbons (Fsp3) is 0.714. The van der Waals surface area contributed by atoms with Crippen LogP contribution in [0.15, 0.2) is 0 Å². The molecule has 0 bridgehead atoms. The van der Waals surface area contributed by atoms with Crippen molar-refractivity contribution in [3.8, 4) is 0 Å². The number of halogens is 1. The molecule has 13 heavy (non-hydrogen) atoms. The van der Waals surface area contributed by atoms with E-state index < -0.39 is 12.1 Å². The SMILES string of the molecule is O=C1OCC(C(=O)OCCI)CO1. The van der Waals surface area contributed by atoms with Crippen LogP contribution in [0, 0.1) is 5.92 Å². The van der Waals surface area contributed by atoms with Crippen molar-refractivity contribution >= 4 is 34.7 Å². The Balaban J connectivity index is 2.27. The van der Waals surface area contributed by atoms with Gasteiger partial charge in [-0.15, -0.1) is 0 Å². The first-order valence-electron chi connectivity index (χ1n) is 3.76. The summed E-state index contributed by atoms with van der Waals surface area (Å²) in [7, 11) is 0. The quantitative estimate of drug-likeness (QED) is 0.437. The molecule has 0 radical (unpaired) electrons. The Morgan fingerprint density at radius 1 is 1.54 bits per heavy atom. The fourth-order valence-corrected chi connectivity index (χ4v) is 1.04. The van der Waals surface area contributed by atoms with Gasteiger partial charge in [0, 0.05) is 4.43 Å². The molecule has 5 nitrogen and oxygen atoms in total. The summed E-state index contributed by atoms with van der Waals surface area (Å²) in [6.07, 6.45) is -0.724. The van der Waals surface area contributed by atoms with E-state index in [0.717, 1.165) is 4.43 Å². The van der Waals surface area contributed by atoms with E-state index in [1.165, 1.54) is 0 Å². The highest BCUT2D eigenvalue weighted by atomic mass is 127. The molecule has 1 rings (SSSR count). The Morgan fingerprint density at radius 2 is 2.15 bits per heavy atom. The average molecular weight is 300 g/mol. The summed E-state index contributed by atoms with van der Waals surface area (Å²) in [5.41, 5.74) is 0. The normalized spacial score (nSPS) is 17.5. The monoisotopic (exact) mass is 300 g/mol. The zero-order valence-corrected chi connectivity index (χ0v) is 8.98. The number of alkyl halides is 1. The minimum atomic E-state index is -0.724. The van der Waals surface area contributed by atoms with Gasteiger partial charge in [0.15, 0.2) is 0 Å². The van der Waals surface area contributed by atoms with Crippen LogP contribution in [-0.4, -0.2) is 36.4 Å². The number of hydrogen-bond donors (Lipinski definition) is 0. The second kappa shape index (κ2) is 5.25. The molecular formula is C7H9IO5. The van der Waals surface area contributed by atoms with Crippen molar-refractivity contribution < 1.29 is 23.8 Å². The summed E-state index contributed by atoms with van der Waals surface area (Å²) in [6, 6.07) is 0. The molecule has 0 aromatic rings. The zero-order valence-electron chi connectivity index (χ0n) is 6.82. The largest absolute Gasteiger partial charge is 0.508 e. The van der Waals surface area contributed by atoms with Gasteiger partial charge < -0.3 is 14.2 Å². The fourth-order valence-electron chi connectivity index (χ4n) is 0.820. The van der Waals surface area contributed by atoms with Crippen LogP contribution in [0.5, 0.6) is 0 Å². The molecule has 1 saturated heterocycles. The van der Waals surface area contributed by atoms with Crippen molar-refractivity contribution in [1.29, 1.82) is 0 Å². The van der Waals surface area contributed by atoms with Crippen LogP contribution in [0.1, 0.15) is 0 Å². The first-order chi connectivity index (χ1) is 6.24. The molecule has 0 aromatic heterocycles. The molecule has 1 aliphatic rings. The third kappa shape index (κ3) is 3.37. The van der Waals surface area contributed by atoms with E-state index in [0.29, 0.717) is 6.61 Å². The van der Waals surface area contributed by atoms with Crippen molar-refractivity contribution in [2.75, 3.05) is 24.2 Å². The molecule has 6 heteroatoms. The molecule has 0 spiro atoms. The van der Waals surface area contributed by atoms with E-state index in [-0.39, 0.29) is 19.2 Å². The second-order valence-corrected chi connectivity index (χ2v) is 3.50. The molecule has 0 saturated carbocycles. The van der Waals surface area contributed by atoms with Gasteiger partial charge in [-0.3, -0.25) is 4.79 Å². The van der Waals surface area contributed by atoms with Gasteiger partial charge >= 0.3 is 12.1 Å². The van der Waals surface area contributed by atoms with Crippen LogP contribution in [0.3, 0.4) is 0 Å². The van der Waals surface area contributed by atoms with E-state index in [9.17, 15) is 9.59 Å². The highest BCUT2D eigenvalue weighted by Crippen LogP contribution is 2.09. The van der Waals surface area contributed by atoms with Gasteiger partial charge in [-0.2, -0.15) is 0 Å². The molecule has 0 amide bonds. The zero-order chi connectivity index (χ0) is 9.68. The van der Waals surface area contributed by atoms with Crippen LogP contribution in [0.25, 0.3) is 0 Å². The van der Waals surface area contributed by atoms with E-state index in [4.69, 9.17) is 4.74 Å². The van der Waals surface area contributed by atoms with Gasteiger partial charge in [0.05, 0.1) is 0 Å². The van der Waals surface area contributed by atoms with Gasteiger partial charge in [-0.1, -0.05) is 22.6 Å². The van der Waals surface area contributed by atoms with Crippen LogP contribution in [-0.2, 0) is 19.0 Å². The van der Waals surface area contributed by atoms with Crippen molar-refractivity contribution in [1.82, 2.24) is 0 Å². The molecule has 0 aromatic carbocycles. The lowest BCUT2D eigenvalue weighted by Crippen LogP contribution is -2.34. The number of cyclic esters (lactones) is 2. The molecule has 0 atom stereocenters. The van der Waals surface area contributed by atoms with Crippen LogP contribution < -0.4 is 0 Å². The predicted molar refractivity (Wildman–Crippen MR) is 50.6 cm³/mol. The molecular weight excluding hydrogens is 291 g/mol. The first-order valence-corrected chi connectivity index (χ1v) is 5.28. The van der Waals surface area contributed by atoms with Crippen molar-refractivity contribution in [2.24, 2.45) is 5.92 Å². The van der Waals surface area contributed by atoms with E-state index in [1.807, 2.05) is 0 Å². The molecule has 0 unspecified atom stereocenters. The standard InChI is InChI=1S/C7H9IO5/c8-1-2-11-6(9)5-3-12-7(10)13-4-5/h5H,1-4H2. The lowest BCUT2D eigenvalue weighted by Gasteiger charge is -2.19. The molecule has 0 aliphatic carbocycles. The number of ether oxygens (including phenoxy) is 3. The number of carbonyl (C=O) groups excluding carboxylic acids is 2.